The summed E-state index contributed by atoms with van der Waals surface area (Å²) in [5.74, 6) is 0.749. The molecule has 4 heterocycles. The maximum atomic E-state index is 14.6. The van der Waals surface area contributed by atoms with E-state index in [0.717, 1.165) is 16.7 Å². The van der Waals surface area contributed by atoms with Crippen LogP contribution in [-0.2, 0) is 44.4 Å². The van der Waals surface area contributed by atoms with Crippen LogP contribution in [0.1, 0.15) is 53.1 Å². The van der Waals surface area contributed by atoms with Crippen molar-refractivity contribution < 1.29 is 57.4 Å². The molecule has 7 atom stereocenters. The maximum Gasteiger partial charge on any atom is 0.408 e. The lowest BCUT2D eigenvalue weighted by atomic mass is 9.65. The number of hydrogen-bond acceptors (Lipinski definition) is 16. The second-order valence-electron chi connectivity index (χ2n) is 17.8. The van der Waals surface area contributed by atoms with Crippen molar-refractivity contribution in [3.63, 3.8) is 0 Å². The predicted octanol–water partition coefficient (Wildman–Crippen LogP) is 5.47. The number of likely N-dealkylation sites (N-methyl/N-ethyl adjacent to an activating group) is 1. The Bertz CT molecular complexity index is 2570. The monoisotopic (exact) mass is 948 g/mol. The number of carbonyl (C=O) groups is 3. The molecule has 0 radical (unpaired) electrons. The normalized spacial score (nSPS) is 25.0. The Morgan fingerprint density at radius 1 is 1.04 bits per heavy atom. The van der Waals surface area contributed by atoms with Gasteiger partial charge in [0.15, 0.2) is 41.2 Å². The number of piperidine rings is 1. The van der Waals surface area contributed by atoms with Gasteiger partial charge in [0.25, 0.3) is 0 Å². The van der Waals surface area contributed by atoms with E-state index in [1.165, 1.54) is 40.1 Å². The Morgan fingerprint density at radius 2 is 1.76 bits per heavy atom. The number of aryl methyl sites for hydroxylation is 1. The average Bonchev–Trinajstić information content (AvgIpc) is 3.95. The molecule has 9 rings (SSSR count). The van der Waals surface area contributed by atoms with Crippen LogP contribution < -0.4 is 14.8 Å². The third-order valence-corrected chi connectivity index (χ3v) is 15.2. The highest BCUT2D eigenvalue weighted by atomic mass is 32.2. The van der Waals surface area contributed by atoms with E-state index in [2.05, 4.69) is 47.1 Å². The number of nitrogens with zero attached hydrogens (tertiary/aromatic N) is 3. The number of alkyl carbamates (subject to hydrolysis) is 1. The van der Waals surface area contributed by atoms with Crippen molar-refractivity contribution in [2.24, 2.45) is 0 Å². The summed E-state index contributed by atoms with van der Waals surface area (Å²) in [5, 5.41) is 26.9. The Balaban J connectivity index is 1.07. The highest BCUT2D eigenvalue weighted by Gasteiger charge is 2.64. The zero-order chi connectivity index (χ0) is 47.9. The molecule has 3 aromatic rings. The molecule has 4 aliphatic heterocycles. The number of carbonyl (C=O) groups excluding carboxylic acids is 3. The van der Waals surface area contributed by atoms with Crippen molar-refractivity contribution in [2.45, 2.75) is 74.5 Å². The van der Waals surface area contributed by atoms with Crippen LogP contribution in [0.4, 0.5) is 4.79 Å². The number of aliphatic hydroxyl groups is 1. The van der Waals surface area contributed by atoms with Gasteiger partial charge in [0.1, 0.15) is 25.3 Å². The maximum absolute atomic E-state index is 14.6. The van der Waals surface area contributed by atoms with Crippen LogP contribution >= 0.6 is 11.8 Å². The third-order valence-electron chi connectivity index (χ3n) is 14.1. The van der Waals surface area contributed by atoms with Crippen LogP contribution in [0, 0.1) is 18.3 Å². The Hall–Kier alpha value is -5.87. The lowest BCUT2D eigenvalue weighted by molar-refractivity contribution is -0.159. The zero-order valence-corrected chi connectivity index (χ0v) is 39.6. The SMILES string of the molecule is C=CCOC(=O)N[C@H](CSCC1c2ccccc2-c2ccccc21)C(=O)OC[C@H]1C2=C3OCOC3=C(C)C(=O)[C@@]2(O)CC2[C@H]3c4c(cc(C)c(OC)c4OCOCCOC)C[C@H]([C@H](C#N)N21)N3C. The summed E-state index contributed by atoms with van der Waals surface area (Å²) in [6.45, 7) is 6.99. The number of esters is 1. The van der Waals surface area contributed by atoms with Crippen molar-refractivity contribution in [2.75, 3.05) is 72.8 Å². The molecule has 2 aliphatic carbocycles. The van der Waals surface area contributed by atoms with E-state index in [4.69, 9.17) is 37.9 Å². The van der Waals surface area contributed by atoms with Crippen molar-refractivity contribution in [3.05, 3.63) is 118 Å². The lowest BCUT2D eigenvalue weighted by Crippen LogP contribution is -2.74. The number of ether oxygens (including phenoxy) is 8. The van der Waals surface area contributed by atoms with E-state index < -0.39 is 66.3 Å². The summed E-state index contributed by atoms with van der Waals surface area (Å²) >= 11 is 1.49. The number of nitrogens with one attached hydrogen (secondary N) is 1. The Labute approximate surface area is 399 Å². The molecular weight excluding hydrogens is 893 g/mol. The molecule has 358 valence electrons. The highest BCUT2D eigenvalue weighted by molar-refractivity contribution is 7.99. The molecule has 0 spiro atoms. The molecule has 3 fully saturated rings. The third kappa shape index (κ3) is 8.10. The van der Waals surface area contributed by atoms with E-state index in [0.29, 0.717) is 36.9 Å². The number of fused-ring (bicyclic) bond motifs is 11. The van der Waals surface area contributed by atoms with Crippen molar-refractivity contribution in [1.29, 1.82) is 5.26 Å². The minimum absolute atomic E-state index is 0.0490. The standard InChI is InChI=1S/C51H56N4O12S/c1-7-16-63-50(58)53-36(25-68-24-35-33-14-10-8-12-31(33)32-13-9-11-15-34(32)35)49(57)64-23-40-42-47-45(66-27-67-47)29(3)48(56)51(42,59)21-38-43-41-30(20-37(54(43)4)39(22-52)55(38)40)19-28(2)44(61-6)46(41)65-26-62-18-17-60-5/h7-15,19,35-40,43,59H,1,16-18,20-21,23-27H2,2-6H3,(H,53,58)/t36-,37-,38?,39+,40+,43+,51-/m1/s1. The van der Waals surface area contributed by atoms with E-state index in [-0.39, 0.29) is 60.9 Å². The Kier molecular flexibility index (Phi) is 13.6. The van der Waals surface area contributed by atoms with Crippen LogP contribution in [0.25, 0.3) is 11.1 Å². The van der Waals surface area contributed by atoms with Gasteiger partial charge in [-0.05, 0) is 60.7 Å². The van der Waals surface area contributed by atoms with Gasteiger partial charge in [0, 0.05) is 59.7 Å². The number of hydrogen-bond donors (Lipinski definition) is 2. The number of nitriles is 1. The van der Waals surface area contributed by atoms with Gasteiger partial charge in [-0.1, -0.05) is 67.3 Å². The number of Topliss-reactive ketones (excluding diaryl/α,β-unsaturated/α-hetero) is 1. The summed E-state index contributed by atoms with van der Waals surface area (Å²) in [6, 6.07) is 16.4. The van der Waals surface area contributed by atoms with Gasteiger partial charge >= 0.3 is 12.1 Å². The zero-order valence-electron chi connectivity index (χ0n) is 38.8. The van der Waals surface area contributed by atoms with Gasteiger partial charge in [0.2, 0.25) is 6.79 Å². The van der Waals surface area contributed by atoms with Crippen LogP contribution in [0.15, 0.2) is 89.9 Å². The summed E-state index contributed by atoms with van der Waals surface area (Å²) < 4.78 is 46.8. The van der Waals surface area contributed by atoms with Crippen LogP contribution in [0.3, 0.4) is 0 Å². The Morgan fingerprint density at radius 3 is 2.46 bits per heavy atom. The first-order valence-corrected chi connectivity index (χ1v) is 23.9. The van der Waals surface area contributed by atoms with Crippen molar-refractivity contribution >= 4 is 29.6 Å². The molecule has 3 aromatic carbocycles. The predicted molar refractivity (Wildman–Crippen MR) is 250 cm³/mol. The van der Waals surface area contributed by atoms with Crippen molar-refractivity contribution in [3.8, 4) is 28.7 Å². The number of benzene rings is 3. The molecular formula is C51H56N4O12S. The molecule has 17 heteroatoms. The van der Waals surface area contributed by atoms with Crippen LogP contribution in [0.2, 0.25) is 0 Å². The molecule has 16 nitrogen and oxygen atoms in total. The first-order valence-electron chi connectivity index (χ1n) is 22.7. The van der Waals surface area contributed by atoms with E-state index in [1.54, 1.807) is 21.1 Å². The van der Waals surface area contributed by atoms with Crippen LogP contribution in [0.5, 0.6) is 11.5 Å². The average molecular weight is 949 g/mol. The number of ketones is 1. The van der Waals surface area contributed by atoms with Gasteiger partial charge in [-0.25, -0.2) is 9.59 Å². The summed E-state index contributed by atoms with van der Waals surface area (Å²) in [6.07, 6.45) is 0.886. The minimum Gasteiger partial charge on any atom is -0.493 e. The number of piperazine rings is 1. The molecule has 2 N–H and O–H groups in total. The highest BCUT2D eigenvalue weighted by Crippen LogP contribution is 2.57. The van der Waals surface area contributed by atoms with E-state index in [9.17, 15) is 24.8 Å². The van der Waals surface area contributed by atoms with Gasteiger partial charge in [-0.3, -0.25) is 14.6 Å². The molecule has 1 unspecified atom stereocenters. The fraction of sp³-hybridized carbons (Fsp3) is 0.451. The molecule has 0 saturated carbocycles. The summed E-state index contributed by atoms with van der Waals surface area (Å²) in [7, 11) is 5.08. The minimum atomic E-state index is -2.16. The van der Waals surface area contributed by atoms with Crippen LogP contribution in [-0.4, -0.2) is 141 Å². The molecule has 2 bridgehead atoms. The van der Waals surface area contributed by atoms with E-state index in [1.807, 2.05) is 49.2 Å². The molecule has 3 saturated heterocycles. The molecule has 68 heavy (non-hydrogen) atoms. The number of rotatable bonds is 17. The smallest absolute Gasteiger partial charge is 0.408 e. The lowest BCUT2D eigenvalue weighted by Gasteiger charge is -2.62. The fourth-order valence-electron chi connectivity index (χ4n) is 11.2. The largest absolute Gasteiger partial charge is 0.493 e. The molecule has 1 amide bonds. The second kappa shape index (κ2) is 19.6. The van der Waals surface area contributed by atoms with Gasteiger partial charge < -0.3 is 48.3 Å². The fourth-order valence-corrected chi connectivity index (χ4v) is 12.4. The first kappa shape index (κ1) is 47.2. The van der Waals surface area contributed by atoms with Gasteiger partial charge in [-0.2, -0.15) is 17.0 Å². The topological polar surface area (TPSA) is 188 Å². The second-order valence-corrected chi connectivity index (χ2v) is 18.8. The number of thioether (sulfide) groups is 1. The molecule has 0 aromatic heterocycles. The number of amides is 1. The van der Waals surface area contributed by atoms with E-state index >= 15 is 0 Å². The van der Waals surface area contributed by atoms with Gasteiger partial charge in [-0.15, -0.1) is 0 Å². The number of methoxy groups -OCH3 is 2. The van der Waals surface area contributed by atoms with Gasteiger partial charge in [0.05, 0.1) is 38.5 Å². The summed E-state index contributed by atoms with van der Waals surface area (Å²) in [5.41, 5.74) is 5.42. The molecule has 6 aliphatic rings. The summed E-state index contributed by atoms with van der Waals surface area (Å²) in [4.78, 5) is 46.4. The van der Waals surface area contributed by atoms with Crippen molar-refractivity contribution in [1.82, 2.24) is 15.1 Å². The first-order chi connectivity index (χ1) is 33.0. The quantitative estimate of drug-likeness (QED) is 0.0751.